The van der Waals surface area contributed by atoms with Gasteiger partial charge >= 0.3 is 0 Å². The van der Waals surface area contributed by atoms with Crippen molar-refractivity contribution in [2.45, 2.75) is 12.8 Å². The van der Waals surface area contributed by atoms with E-state index in [4.69, 9.17) is 10.6 Å². The SMILES string of the molecule is NNC(=O)CCCOc1cccc([N+](=O)[O-])c1Br. The van der Waals surface area contributed by atoms with Crippen molar-refractivity contribution in [2.24, 2.45) is 5.84 Å². The van der Waals surface area contributed by atoms with Crippen molar-refractivity contribution >= 4 is 27.5 Å². The number of hydrogen-bond donors (Lipinski definition) is 2. The zero-order valence-corrected chi connectivity index (χ0v) is 11.0. The topological polar surface area (TPSA) is 107 Å². The van der Waals surface area contributed by atoms with Crippen LogP contribution in [-0.4, -0.2) is 17.4 Å². The lowest BCUT2D eigenvalue weighted by Crippen LogP contribution is -2.29. The Morgan fingerprint density at radius 3 is 2.89 bits per heavy atom. The largest absolute Gasteiger partial charge is 0.492 e. The number of nitro benzene ring substituents is 1. The second kappa shape index (κ2) is 6.92. The van der Waals surface area contributed by atoms with Crippen LogP contribution < -0.4 is 16.0 Å². The number of ether oxygens (including phenoxy) is 1. The Bertz CT molecular complexity index is 453. The summed E-state index contributed by atoms with van der Waals surface area (Å²) in [6, 6.07) is 4.52. The van der Waals surface area contributed by atoms with Crippen LogP contribution in [0.25, 0.3) is 0 Å². The van der Waals surface area contributed by atoms with Gasteiger partial charge in [-0.3, -0.25) is 20.3 Å². The molecule has 7 nitrogen and oxygen atoms in total. The molecule has 0 atom stereocenters. The summed E-state index contributed by atoms with van der Waals surface area (Å²) in [5, 5.41) is 10.7. The lowest BCUT2D eigenvalue weighted by Gasteiger charge is -2.07. The van der Waals surface area contributed by atoms with E-state index in [1.807, 2.05) is 5.43 Å². The molecule has 0 fully saturated rings. The first-order valence-electron chi connectivity index (χ1n) is 5.11. The summed E-state index contributed by atoms with van der Waals surface area (Å²) in [5.41, 5.74) is 1.94. The normalized spacial score (nSPS) is 9.89. The summed E-state index contributed by atoms with van der Waals surface area (Å²) in [7, 11) is 0. The molecule has 0 heterocycles. The van der Waals surface area contributed by atoms with E-state index in [1.165, 1.54) is 12.1 Å². The van der Waals surface area contributed by atoms with Gasteiger partial charge in [0.15, 0.2) is 0 Å². The molecule has 0 saturated carbocycles. The van der Waals surface area contributed by atoms with Gasteiger partial charge in [-0.2, -0.15) is 0 Å². The fourth-order valence-corrected chi connectivity index (χ4v) is 1.76. The van der Waals surface area contributed by atoms with Crippen LogP contribution in [0.15, 0.2) is 22.7 Å². The van der Waals surface area contributed by atoms with Gasteiger partial charge in [0, 0.05) is 12.5 Å². The van der Waals surface area contributed by atoms with Crippen LogP contribution in [0.4, 0.5) is 5.69 Å². The van der Waals surface area contributed by atoms with Crippen molar-refractivity contribution < 1.29 is 14.5 Å². The van der Waals surface area contributed by atoms with Crippen LogP contribution in [0.1, 0.15) is 12.8 Å². The molecule has 1 rings (SSSR count). The Labute approximate surface area is 112 Å². The van der Waals surface area contributed by atoms with Crippen LogP contribution in [-0.2, 0) is 4.79 Å². The number of carbonyl (C=O) groups is 1. The summed E-state index contributed by atoms with van der Waals surface area (Å²) >= 11 is 3.11. The number of carbonyl (C=O) groups excluding carboxylic acids is 1. The molecule has 1 aromatic carbocycles. The Morgan fingerprint density at radius 1 is 1.56 bits per heavy atom. The molecule has 98 valence electrons. The highest BCUT2D eigenvalue weighted by atomic mass is 79.9. The van der Waals surface area contributed by atoms with Gasteiger partial charge in [-0.15, -0.1) is 0 Å². The van der Waals surface area contributed by atoms with Crippen LogP contribution in [0.2, 0.25) is 0 Å². The van der Waals surface area contributed by atoms with E-state index in [1.54, 1.807) is 6.07 Å². The number of rotatable bonds is 6. The molecule has 0 aliphatic carbocycles. The highest BCUT2D eigenvalue weighted by Crippen LogP contribution is 2.33. The molecule has 8 heteroatoms. The number of nitro groups is 1. The number of benzene rings is 1. The standard InChI is InChI=1S/C10H12BrN3O4/c11-10-7(14(16)17)3-1-4-8(10)18-6-2-5-9(15)13-12/h1,3-4H,2,5-6,12H2,(H,13,15). The molecule has 1 amide bonds. The molecule has 3 N–H and O–H groups in total. The summed E-state index contributed by atoms with van der Waals surface area (Å²) in [6.45, 7) is 0.271. The summed E-state index contributed by atoms with van der Waals surface area (Å²) in [6.07, 6.45) is 0.710. The third-order valence-corrected chi connectivity index (χ3v) is 2.90. The molecule has 0 bridgehead atoms. The van der Waals surface area contributed by atoms with Crippen molar-refractivity contribution in [3.63, 3.8) is 0 Å². The summed E-state index contributed by atoms with van der Waals surface area (Å²) in [5.74, 6) is 5.01. The van der Waals surface area contributed by atoms with Gasteiger partial charge in [-0.05, 0) is 28.4 Å². The van der Waals surface area contributed by atoms with Gasteiger partial charge in [-0.25, -0.2) is 5.84 Å². The predicted molar refractivity (Wildman–Crippen MR) is 67.9 cm³/mol. The maximum Gasteiger partial charge on any atom is 0.287 e. The van der Waals surface area contributed by atoms with E-state index >= 15 is 0 Å². The third-order valence-electron chi connectivity index (χ3n) is 2.11. The zero-order chi connectivity index (χ0) is 13.5. The molecule has 0 aliphatic rings. The van der Waals surface area contributed by atoms with Gasteiger partial charge < -0.3 is 4.74 Å². The van der Waals surface area contributed by atoms with E-state index < -0.39 is 4.92 Å². The Morgan fingerprint density at radius 2 is 2.28 bits per heavy atom. The van der Waals surface area contributed by atoms with E-state index in [2.05, 4.69) is 15.9 Å². The average molecular weight is 318 g/mol. The third kappa shape index (κ3) is 3.97. The fraction of sp³-hybridized carbons (Fsp3) is 0.300. The smallest absolute Gasteiger partial charge is 0.287 e. The molecule has 18 heavy (non-hydrogen) atoms. The van der Waals surface area contributed by atoms with Crippen molar-refractivity contribution in [2.75, 3.05) is 6.61 Å². The lowest BCUT2D eigenvalue weighted by atomic mass is 10.3. The molecular weight excluding hydrogens is 306 g/mol. The van der Waals surface area contributed by atoms with Crippen LogP contribution in [0, 0.1) is 10.1 Å². The van der Waals surface area contributed by atoms with Crippen molar-refractivity contribution in [3.8, 4) is 5.75 Å². The maximum absolute atomic E-state index is 10.8. The number of halogens is 1. The monoisotopic (exact) mass is 317 g/mol. The number of nitrogens with zero attached hydrogens (tertiary/aromatic N) is 1. The first kappa shape index (κ1) is 14.4. The van der Waals surface area contributed by atoms with Gasteiger partial charge in [-0.1, -0.05) is 6.07 Å². The first-order chi connectivity index (χ1) is 8.56. The van der Waals surface area contributed by atoms with Crippen molar-refractivity contribution in [3.05, 3.63) is 32.8 Å². The van der Waals surface area contributed by atoms with E-state index in [-0.39, 0.29) is 24.6 Å². The average Bonchev–Trinajstić information content (AvgIpc) is 2.35. The molecule has 0 aliphatic heterocycles. The summed E-state index contributed by atoms with van der Waals surface area (Å²) < 4.78 is 5.64. The second-order valence-electron chi connectivity index (χ2n) is 3.37. The molecule has 0 radical (unpaired) electrons. The Hall–Kier alpha value is -1.67. The van der Waals surface area contributed by atoms with E-state index in [0.29, 0.717) is 16.6 Å². The van der Waals surface area contributed by atoms with Crippen molar-refractivity contribution in [1.29, 1.82) is 0 Å². The van der Waals surface area contributed by atoms with Gasteiger partial charge in [0.05, 0.1) is 11.5 Å². The molecule has 0 saturated heterocycles. The molecule has 0 unspecified atom stereocenters. The molecule has 0 spiro atoms. The number of hydrazine groups is 1. The Balaban J connectivity index is 2.55. The summed E-state index contributed by atoms with van der Waals surface area (Å²) in [4.78, 5) is 21.0. The van der Waals surface area contributed by atoms with Crippen LogP contribution in [0.5, 0.6) is 5.75 Å². The van der Waals surface area contributed by atoms with E-state index in [0.717, 1.165) is 0 Å². The number of nitrogens with one attached hydrogen (secondary N) is 1. The molecular formula is C10H12BrN3O4. The zero-order valence-electron chi connectivity index (χ0n) is 9.39. The Kier molecular flexibility index (Phi) is 5.53. The predicted octanol–water partition coefficient (Wildman–Crippen LogP) is 1.51. The number of amides is 1. The molecule has 1 aromatic rings. The highest BCUT2D eigenvalue weighted by molar-refractivity contribution is 9.10. The number of hydrogen-bond acceptors (Lipinski definition) is 5. The minimum Gasteiger partial charge on any atom is -0.492 e. The highest BCUT2D eigenvalue weighted by Gasteiger charge is 2.15. The minimum atomic E-state index is -0.501. The first-order valence-corrected chi connectivity index (χ1v) is 5.90. The van der Waals surface area contributed by atoms with Gasteiger partial charge in [0.25, 0.3) is 5.69 Å². The van der Waals surface area contributed by atoms with E-state index in [9.17, 15) is 14.9 Å². The lowest BCUT2D eigenvalue weighted by molar-refractivity contribution is -0.385. The van der Waals surface area contributed by atoms with Gasteiger partial charge in [0.1, 0.15) is 10.2 Å². The maximum atomic E-state index is 10.8. The second-order valence-corrected chi connectivity index (χ2v) is 4.16. The van der Waals surface area contributed by atoms with Gasteiger partial charge in [0.2, 0.25) is 5.91 Å². The van der Waals surface area contributed by atoms with Crippen LogP contribution >= 0.6 is 15.9 Å². The van der Waals surface area contributed by atoms with Crippen LogP contribution in [0.3, 0.4) is 0 Å². The quantitative estimate of drug-likeness (QED) is 0.272. The minimum absolute atomic E-state index is 0.0628. The fourth-order valence-electron chi connectivity index (χ4n) is 1.24. The molecule has 0 aromatic heterocycles. The number of nitrogens with two attached hydrogens (primary N) is 1. The van der Waals surface area contributed by atoms with Crippen molar-refractivity contribution in [1.82, 2.24) is 5.43 Å².